The Morgan fingerprint density at radius 3 is 2.69 bits per heavy atom. The maximum Gasteiger partial charge on any atom is 0.277 e. The molecule has 9 heteroatoms. The van der Waals surface area contributed by atoms with Crippen LogP contribution in [0, 0.1) is 6.92 Å². The lowest BCUT2D eigenvalue weighted by atomic mass is 10.0. The summed E-state index contributed by atoms with van der Waals surface area (Å²) >= 11 is 1.10. The van der Waals surface area contributed by atoms with E-state index in [2.05, 4.69) is 15.3 Å². The van der Waals surface area contributed by atoms with Gasteiger partial charge in [-0.2, -0.15) is 0 Å². The van der Waals surface area contributed by atoms with Crippen molar-refractivity contribution in [2.45, 2.75) is 24.9 Å². The molecular formula is C23H23N5O3S. The number of hydrogen-bond donors (Lipinski definition) is 3. The number of carbonyl (C=O) groups excluding carboxylic acids is 2. The van der Waals surface area contributed by atoms with Crippen molar-refractivity contribution in [2.75, 3.05) is 28.2 Å². The SMILES string of the molecule is Cc1ccc(C(=O)Nc2c(N)nc(SCC(=O)N3CCCc4ccccc43)[nH]c2=O)cc1. The summed E-state index contributed by atoms with van der Waals surface area (Å²) in [6, 6.07) is 14.8. The molecule has 0 radical (unpaired) electrons. The van der Waals surface area contributed by atoms with Gasteiger partial charge in [0.05, 0.1) is 5.75 Å². The number of nitrogens with one attached hydrogen (secondary N) is 2. The number of rotatable bonds is 5. The Morgan fingerprint density at radius 1 is 1.19 bits per heavy atom. The topological polar surface area (TPSA) is 121 Å². The number of benzene rings is 2. The monoisotopic (exact) mass is 449 g/mol. The Morgan fingerprint density at radius 2 is 1.94 bits per heavy atom. The van der Waals surface area contributed by atoms with Crippen LogP contribution in [-0.4, -0.2) is 34.1 Å². The number of carbonyl (C=O) groups is 2. The summed E-state index contributed by atoms with van der Waals surface area (Å²) in [5, 5.41) is 2.74. The van der Waals surface area contributed by atoms with Gasteiger partial charge in [0.25, 0.3) is 11.5 Å². The first-order chi connectivity index (χ1) is 15.4. The molecule has 0 saturated carbocycles. The van der Waals surface area contributed by atoms with E-state index in [0.29, 0.717) is 12.1 Å². The quantitative estimate of drug-likeness (QED) is 0.407. The molecule has 2 heterocycles. The first-order valence-corrected chi connectivity index (χ1v) is 11.2. The molecule has 3 aromatic rings. The second-order valence-electron chi connectivity index (χ2n) is 7.52. The van der Waals surface area contributed by atoms with Crippen LogP contribution in [0.4, 0.5) is 17.2 Å². The molecule has 4 rings (SSSR count). The summed E-state index contributed by atoms with van der Waals surface area (Å²) in [7, 11) is 0. The Balaban J connectivity index is 1.43. The number of aryl methyl sites for hydroxylation is 2. The van der Waals surface area contributed by atoms with Gasteiger partial charge in [0.2, 0.25) is 5.91 Å². The van der Waals surface area contributed by atoms with Crippen LogP contribution in [0.2, 0.25) is 0 Å². The number of nitrogens with zero attached hydrogens (tertiary/aromatic N) is 2. The number of amides is 2. The fourth-order valence-corrected chi connectivity index (χ4v) is 4.29. The lowest BCUT2D eigenvalue weighted by molar-refractivity contribution is -0.116. The number of fused-ring (bicyclic) bond motifs is 1. The minimum Gasteiger partial charge on any atom is -0.382 e. The van der Waals surface area contributed by atoms with Crippen molar-refractivity contribution in [3.05, 3.63) is 75.6 Å². The van der Waals surface area contributed by atoms with E-state index in [4.69, 9.17) is 5.73 Å². The summed E-state index contributed by atoms with van der Waals surface area (Å²) in [4.78, 5) is 46.2. The van der Waals surface area contributed by atoms with Gasteiger partial charge >= 0.3 is 0 Å². The highest BCUT2D eigenvalue weighted by molar-refractivity contribution is 7.99. The number of aromatic amines is 1. The molecule has 2 aromatic carbocycles. The molecule has 0 bridgehead atoms. The van der Waals surface area contributed by atoms with Gasteiger partial charge in [0, 0.05) is 17.8 Å². The highest BCUT2D eigenvalue weighted by Crippen LogP contribution is 2.28. The van der Waals surface area contributed by atoms with E-state index >= 15 is 0 Å². The van der Waals surface area contributed by atoms with E-state index in [1.54, 1.807) is 29.2 Å². The fraction of sp³-hybridized carbons (Fsp3) is 0.217. The predicted octanol–water partition coefficient (Wildman–Crippen LogP) is 2.98. The van der Waals surface area contributed by atoms with E-state index in [9.17, 15) is 14.4 Å². The van der Waals surface area contributed by atoms with Crippen molar-refractivity contribution in [3.8, 4) is 0 Å². The number of nitrogens with two attached hydrogens (primary N) is 1. The van der Waals surface area contributed by atoms with Gasteiger partial charge in [-0.3, -0.25) is 19.4 Å². The molecule has 0 spiro atoms. The molecule has 0 fully saturated rings. The first kappa shape index (κ1) is 21.6. The first-order valence-electron chi connectivity index (χ1n) is 10.2. The lowest BCUT2D eigenvalue weighted by Crippen LogP contribution is -2.36. The Bertz CT molecular complexity index is 1220. The summed E-state index contributed by atoms with van der Waals surface area (Å²) in [5.41, 5.74) is 8.75. The van der Waals surface area contributed by atoms with Crippen molar-refractivity contribution >= 4 is 40.8 Å². The van der Waals surface area contributed by atoms with Crippen LogP contribution in [0.5, 0.6) is 0 Å². The van der Waals surface area contributed by atoms with Gasteiger partial charge < -0.3 is 16.0 Å². The maximum absolute atomic E-state index is 12.8. The van der Waals surface area contributed by atoms with Gasteiger partial charge in [-0.1, -0.05) is 47.7 Å². The second kappa shape index (κ2) is 9.27. The fourth-order valence-electron chi connectivity index (χ4n) is 3.55. The third-order valence-electron chi connectivity index (χ3n) is 5.22. The third-order valence-corrected chi connectivity index (χ3v) is 6.08. The number of hydrogen-bond acceptors (Lipinski definition) is 6. The van der Waals surface area contributed by atoms with Crippen molar-refractivity contribution in [2.24, 2.45) is 0 Å². The minimum atomic E-state index is -0.573. The molecule has 32 heavy (non-hydrogen) atoms. The zero-order valence-corrected chi connectivity index (χ0v) is 18.4. The molecule has 1 aliphatic rings. The average Bonchev–Trinajstić information content (AvgIpc) is 2.79. The zero-order chi connectivity index (χ0) is 22.7. The normalized spacial score (nSPS) is 12.8. The van der Waals surface area contributed by atoms with E-state index in [0.717, 1.165) is 41.4 Å². The Hall–Kier alpha value is -3.59. The summed E-state index contributed by atoms with van der Waals surface area (Å²) in [6.45, 7) is 2.58. The van der Waals surface area contributed by atoms with Crippen LogP contribution < -0.4 is 21.5 Å². The van der Waals surface area contributed by atoms with Gasteiger partial charge in [-0.05, 0) is 43.5 Å². The molecule has 0 unspecified atom stereocenters. The molecule has 8 nitrogen and oxygen atoms in total. The maximum atomic E-state index is 12.8. The number of nitrogen functional groups attached to an aromatic ring is 1. The number of H-pyrrole nitrogens is 1. The number of thioether (sulfide) groups is 1. The molecule has 0 saturated heterocycles. The molecule has 164 valence electrons. The van der Waals surface area contributed by atoms with Gasteiger partial charge in [0.1, 0.15) is 5.69 Å². The number of anilines is 3. The van der Waals surface area contributed by atoms with Gasteiger partial charge in [-0.15, -0.1) is 0 Å². The molecule has 4 N–H and O–H groups in total. The van der Waals surface area contributed by atoms with E-state index in [-0.39, 0.29) is 28.3 Å². The summed E-state index contributed by atoms with van der Waals surface area (Å²) in [6.07, 6.45) is 1.86. The molecule has 0 aliphatic carbocycles. The van der Waals surface area contributed by atoms with E-state index in [1.807, 2.05) is 31.2 Å². The van der Waals surface area contributed by atoms with E-state index < -0.39 is 11.5 Å². The van der Waals surface area contributed by atoms with Crippen LogP contribution in [0.3, 0.4) is 0 Å². The molecule has 1 aliphatic heterocycles. The van der Waals surface area contributed by atoms with Gasteiger partial charge in [0.15, 0.2) is 11.0 Å². The van der Waals surface area contributed by atoms with Crippen molar-refractivity contribution in [1.82, 2.24) is 9.97 Å². The average molecular weight is 450 g/mol. The molecular weight excluding hydrogens is 426 g/mol. The highest BCUT2D eigenvalue weighted by atomic mass is 32.2. The van der Waals surface area contributed by atoms with Crippen LogP contribution in [0.1, 0.15) is 27.9 Å². The second-order valence-corrected chi connectivity index (χ2v) is 8.48. The van der Waals surface area contributed by atoms with Crippen molar-refractivity contribution in [1.29, 1.82) is 0 Å². The Labute approximate surface area is 189 Å². The minimum absolute atomic E-state index is 0.0693. The smallest absolute Gasteiger partial charge is 0.277 e. The van der Waals surface area contributed by atoms with Gasteiger partial charge in [-0.25, -0.2) is 4.98 Å². The summed E-state index contributed by atoms with van der Waals surface area (Å²) < 4.78 is 0. The molecule has 1 aromatic heterocycles. The number of para-hydroxylation sites is 1. The van der Waals surface area contributed by atoms with Crippen molar-refractivity contribution < 1.29 is 9.59 Å². The largest absolute Gasteiger partial charge is 0.382 e. The standard InChI is InChI=1S/C23H23N5O3S/c1-14-8-10-16(11-9-14)21(30)25-19-20(24)26-23(27-22(19)31)32-13-18(29)28-12-4-6-15-5-2-3-7-17(15)28/h2-3,5,7-11H,4,6,12-13H2,1H3,(H,25,30)(H3,24,26,27,31). The number of aromatic nitrogens is 2. The van der Waals surface area contributed by atoms with Crippen LogP contribution in [-0.2, 0) is 11.2 Å². The van der Waals surface area contributed by atoms with E-state index in [1.165, 1.54) is 0 Å². The van der Waals surface area contributed by atoms with Crippen LogP contribution >= 0.6 is 11.8 Å². The lowest BCUT2D eigenvalue weighted by Gasteiger charge is -2.29. The van der Waals surface area contributed by atoms with Crippen LogP contribution in [0.15, 0.2) is 58.5 Å². The molecule has 2 amide bonds. The highest BCUT2D eigenvalue weighted by Gasteiger charge is 2.22. The van der Waals surface area contributed by atoms with Crippen molar-refractivity contribution in [3.63, 3.8) is 0 Å². The zero-order valence-electron chi connectivity index (χ0n) is 17.6. The van der Waals surface area contributed by atoms with Crippen LogP contribution in [0.25, 0.3) is 0 Å². The third kappa shape index (κ3) is 4.67. The molecule has 0 atom stereocenters. The summed E-state index contributed by atoms with van der Waals surface area (Å²) in [5.74, 6) is -0.526. The predicted molar refractivity (Wildman–Crippen MR) is 126 cm³/mol. The Kier molecular flexibility index (Phi) is 6.27.